The second kappa shape index (κ2) is 6.44. The Balaban J connectivity index is 1.54. The van der Waals surface area contributed by atoms with Crippen LogP contribution in [0.3, 0.4) is 0 Å². The van der Waals surface area contributed by atoms with Crippen LogP contribution in [0.5, 0.6) is 0 Å². The van der Waals surface area contributed by atoms with Crippen molar-refractivity contribution < 1.29 is 0 Å². The molecule has 0 aromatic carbocycles. The van der Waals surface area contributed by atoms with E-state index in [1.165, 1.54) is 22.6 Å². The third-order valence-electron chi connectivity index (χ3n) is 5.06. The first kappa shape index (κ1) is 16.0. The molecule has 0 bridgehead atoms. The van der Waals surface area contributed by atoms with Crippen molar-refractivity contribution in [3.8, 4) is 11.4 Å². The summed E-state index contributed by atoms with van der Waals surface area (Å²) >= 11 is 0. The molecule has 6 heteroatoms. The van der Waals surface area contributed by atoms with Crippen molar-refractivity contribution in [3.05, 3.63) is 52.9 Å². The molecule has 4 heterocycles. The lowest BCUT2D eigenvalue weighted by molar-refractivity contribution is 0.240. The van der Waals surface area contributed by atoms with Gasteiger partial charge in [-0.1, -0.05) is 0 Å². The number of pyridine rings is 1. The first-order valence-corrected chi connectivity index (χ1v) is 8.89. The van der Waals surface area contributed by atoms with E-state index in [2.05, 4.69) is 45.4 Å². The minimum Gasteiger partial charge on any atom is -0.340 e. The van der Waals surface area contributed by atoms with Gasteiger partial charge in [0.1, 0.15) is 5.82 Å². The van der Waals surface area contributed by atoms with Crippen LogP contribution in [-0.4, -0.2) is 36.2 Å². The number of fused-ring (bicyclic) bond motifs is 1. The lowest BCUT2D eigenvalue weighted by Gasteiger charge is -2.26. The van der Waals surface area contributed by atoms with Crippen LogP contribution in [0, 0.1) is 13.8 Å². The van der Waals surface area contributed by atoms with Gasteiger partial charge in [-0.2, -0.15) is 5.10 Å². The quantitative estimate of drug-likeness (QED) is 0.796. The van der Waals surface area contributed by atoms with Gasteiger partial charge in [-0.15, -0.1) is 0 Å². The first-order chi connectivity index (χ1) is 12.2. The molecule has 1 aliphatic rings. The van der Waals surface area contributed by atoms with Gasteiger partial charge in [0, 0.05) is 61.8 Å². The van der Waals surface area contributed by atoms with E-state index < -0.39 is 0 Å². The number of H-pyrrole nitrogens is 1. The highest BCUT2D eigenvalue weighted by Crippen LogP contribution is 2.24. The Morgan fingerprint density at radius 3 is 2.88 bits per heavy atom. The van der Waals surface area contributed by atoms with Crippen molar-refractivity contribution in [2.45, 2.75) is 46.8 Å². The molecule has 1 aliphatic heterocycles. The van der Waals surface area contributed by atoms with Gasteiger partial charge in [-0.25, -0.2) is 4.98 Å². The molecule has 130 valence electrons. The van der Waals surface area contributed by atoms with Crippen LogP contribution in [0.25, 0.3) is 11.4 Å². The summed E-state index contributed by atoms with van der Waals surface area (Å²) in [6.07, 6.45) is 4.62. The number of aryl methyl sites for hydroxylation is 2. The zero-order chi connectivity index (χ0) is 17.4. The second-order valence-electron chi connectivity index (χ2n) is 6.68. The first-order valence-electron chi connectivity index (χ1n) is 8.89. The lowest BCUT2D eigenvalue weighted by Crippen LogP contribution is -2.30. The van der Waals surface area contributed by atoms with Crippen molar-refractivity contribution in [2.24, 2.45) is 0 Å². The van der Waals surface area contributed by atoms with Gasteiger partial charge >= 0.3 is 0 Å². The molecule has 0 unspecified atom stereocenters. The number of nitrogens with one attached hydrogen (secondary N) is 1. The Morgan fingerprint density at radius 2 is 2.16 bits per heavy atom. The highest BCUT2D eigenvalue weighted by Gasteiger charge is 2.22. The van der Waals surface area contributed by atoms with Crippen LogP contribution in [0.4, 0.5) is 0 Å². The number of hydrogen-bond acceptors (Lipinski definition) is 4. The van der Waals surface area contributed by atoms with Crippen molar-refractivity contribution in [1.82, 2.24) is 29.6 Å². The minimum absolute atomic E-state index is 0.902. The number of aromatic nitrogens is 5. The molecule has 0 fully saturated rings. The number of nitrogens with zero attached hydrogens (tertiary/aromatic N) is 5. The maximum atomic E-state index is 4.78. The van der Waals surface area contributed by atoms with E-state index in [1.807, 2.05) is 18.3 Å². The summed E-state index contributed by atoms with van der Waals surface area (Å²) < 4.78 is 2.09. The summed E-state index contributed by atoms with van der Waals surface area (Å²) in [5, 5.41) is 4.65. The van der Waals surface area contributed by atoms with E-state index >= 15 is 0 Å². The van der Waals surface area contributed by atoms with Gasteiger partial charge in [0.2, 0.25) is 0 Å². The lowest BCUT2D eigenvalue weighted by atomic mass is 10.1. The molecular formula is C19H24N6. The predicted octanol–water partition coefficient (Wildman–Crippen LogP) is 2.86. The van der Waals surface area contributed by atoms with E-state index in [1.54, 1.807) is 6.20 Å². The smallest absolute Gasteiger partial charge is 0.139 e. The summed E-state index contributed by atoms with van der Waals surface area (Å²) in [5.74, 6) is 0.922. The number of rotatable bonds is 4. The van der Waals surface area contributed by atoms with E-state index in [4.69, 9.17) is 4.98 Å². The molecule has 0 amide bonds. The third kappa shape index (κ3) is 2.98. The standard InChI is InChI=1S/C19H24N6/c1-4-25-14(3)16(13(2)23-25)11-24-9-7-17-18(12-24)22-19(21-17)15-6-5-8-20-10-15/h5-6,8,10H,4,7,9,11-12H2,1-3H3,(H,21,22). The van der Waals surface area contributed by atoms with Gasteiger partial charge in [0.15, 0.2) is 0 Å². The highest BCUT2D eigenvalue weighted by atomic mass is 15.3. The molecule has 0 atom stereocenters. The molecule has 25 heavy (non-hydrogen) atoms. The summed E-state index contributed by atoms with van der Waals surface area (Å²) in [7, 11) is 0. The normalized spacial score (nSPS) is 14.7. The van der Waals surface area contributed by atoms with Gasteiger partial charge in [0.25, 0.3) is 0 Å². The molecule has 6 nitrogen and oxygen atoms in total. The highest BCUT2D eigenvalue weighted by molar-refractivity contribution is 5.54. The Kier molecular flexibility index (Phi) is 4.13. The van der Waals surface area contributed by atoms with Crippen LogP contribution < -0.4 is 0 Å². The molecule has 1 N–H and O–H groups in total. The van der Waals surface area contributed by atoms with Crippen LogP contribution >= 0.6 is 0 Å². The average molecular weight is 336 g/mol. The molecular weight excluding hydrogens is 312 g/mol. The second-order valence-corrected chi connectivity index (χ2v) is 6.68. The SMILES string of the molecule is CCn1nc(C)c(CN2CCc3nc(-c4cccnc4)[nH]c3C2)c1C. The van der Waals surface area contributed by atoms with Crippen LogP contribution in [0.15, 0.2) is 24.5 Å². The van der Waals surface area contributed by atoms with E-state index in [0.29, 0.717) is 0 Å². The third-order valence-corrected chi connectivity index (χ3v) is 5.06. The molecule has 3 aromatic heterocycles. The number of hydrogen-bond donors (Lipinski definition) is 1. The van der Waals surface area contributed by atoms with Crippen LogP contribution in [0.2, 0.25) is 0 Å². The summed E-state index contributed by atoms with van der Waals surface area (Å²) in [6, 6.07) is 3.99. The van der Waals surface area contributed by atoms with Crippen LogP contribution in [0.1, 0.15) is 35.3 Å². The summed E-state index contributed by atoms with van der Waals surface area (Å²) in [5.41, 5.74) is 7.24. The van der Waals surface area contributed by atoms with Gasteiger partial charge in [-0.3, -0.25) is 14.6 Å². The molecule has 3 aromatic rings. The minimum atomic E-state index is 0.902. The Hall–Kier alpha value is -2.47. The van der Waals surface area contributed by atoms with Gasteiger partial charge in [-0.05, 0) is 32.9 Å². The fourth-order valence-corrected chi connectivity index (χ4v) is 3.62. The fourth-order valence-electron chi connectivity index (χ4n) is 3.62. The molecule has 0 spiro atoms. The Morgan fingerprint density at radius 1 is 1.28 bits per heavy atom. The maximum absolute atomic E-state index is 4.78. The molecule has 0 saturated carbocycles. The number of imidazole rings is 1. The van der Waals surface area contributed by atoms with Crippen molar-refractivity contribution in [3.63, 3.8) is 0 Å². The maximum Gasteiger partial charge on any atom is 0.139 e. The zero-order valence-electron chi connectivity index (χ0n) is 15.1. The largest absolute Gasteiger partial charge is 0.340 e. The van der Waals surface area contributed by atoms with E-state index in [0.717, 1.165) is 49.7 Å². The Labute approximate surface area is 147 Å². The predicted molar refractivity (Wildman–Crippen MR) is 97.0 cm³/mol. The van der Waals surface area contributed by atoms with Crippen LogP contribution in [-0.2, 0) is 26.1 Å². The summed E-state index contributed by atoms with van der Waals surface area (Å²) in [4.78, 5) is 14.9. The van der Waals surface area contributed by atoms with Gasteiger partial charge in [0.05, 0.1) is 17.1 Å². The summed E-state index contributed by atoms with van der Waals surface area (Å²) in [6.45, 7) is 10.2. The molecule has 4 rings (SSSR count). The van der Waals surface area contributed by atoms with E-state index in [-0.39, 0.29) is 0 Å². The molecule has 0 saturated heterocycles. The van der Waals surface area contributed by atoms with E-state index in [9.17, 15) is 0 Å². The van der Waals surface area contributed by atoms with Crippen molar-refractivity contribution in [1.29, 1.82) is 0 Å². The zero-order valence-corrected chi connectivity index (χ0v) is 15.1. The monoisotopic (exact) mass is 336 g/mol. The molecule has 0 aliphatic carbocycles. The number of aromatic amines is 1. The topological polar surface area (TPSA) is 62.6 Å². The average Bonchev–Trinajstić information content (AvgIpc) is 3.18. The Bertz CT molecular complexity index is 877. The fraction of sp³-hybridized carbons (Fsp3) is 0.421. The van der Waals surface area contributed by atoms with Crippen molar-refractivity contribution >= 4 is 0 Å². The van der Waals surface area contributed by atoms with Crippen molar-refractivity contribution in [2.75, 3.05) is 6.54 Å². The van der Waals surface area contributed by atoms with Gasteiger partial charge < -0.3 is 4.98 Å². The molecule has 0 radical (unpaired) electrons.